The maximum Gasteiger partial charge on any atom is 0.309 e. The van der Waals surface area contributed by atoms with Crippen LogP contribution in [0, 0.1) is 59.2 Å². The van der Waals surface area contributed by atoms with Gasteiger partial charge in [0.2, 0.25) is 0 Å². The molecule has 4 aliphatic carbocycles. The molecule has 8 atom stereocenters. The van der Waals surface area contributed by atoms with Crippen molar-refractivity contribution in [2.45, 2.75) is 285 Å². The highest BCUT2D eigenvalue weighted by molar-refractivity contribution is 5.82. The molecule has 80 heavy (non-hydrogen) atoms. The summed E-state index contributed by atoms with van der Waals surface area (Å²) in [6.07, 6.45) is 39.1. The van der Waals surface area contributed by atoms with Crippen molar-refractivity contribution in [1.29, 1.82) is 0 Å². The van der Waals surface area contributed by atoms with E-state index in [2.05, 4.69) is 0 Å². The van der Waals surface area contributed by atoms with E-state index >= 15 is 0 Å². The molecule has 0 aromatic carbocycles. The van der Waals surface area contributed by atoms with Gasteiger partial charge in [0.1, 0.15) is 0 Å². The lowest BCUT2D eigenvalue weighted by molar-refractivity contribution is -0.159. The van der Waals surface area contributed by atoms with Crippen LogP contribution in [0.25, 0.3) is 0 Å². The standard InChI is InChI=1S/2C18H32O4.2C14H24O4/c2*1-14(2)13-22-18(21)16-12-10-8-6-4-3-5-7-9-11-15(16)17(19)20;2*15-13(16)11-9-7-5-3-1-2-4-6-8-10-12(11)14(17)18/h2*14-16H,3-13H2,1-2H3,(H,19,20);2*11-12H,1-10H2,(H,15,16)(H,17,18). The van der Waals surface area contributed by atoms with Crippen LogP contribution in [0.2, 0.25) is 0 Å². The Morgan fingerprint density at radius 2 is 0.375 bits per heavy atom. The Bertz CT molecular complexity index is 1530. The number of carbonyl (C=O) groups excluding carboxylic acids is 2. The van der Waals surface area contributed by atoms with Crippen molar-refractivity contribution < 1.29 is 78.5 Å². The van der Waals surface area contributed by atoms with Crippen LogP contribution in [0.1, 0.15) is 285 Å². The van der Waals surface area contributed by atoms with Crippen molar-refractivity contribution in [2.24, 2.45) is 59.2 Å². The average Bonchev–Trinajstić information content (AvgIpc) is 3.37. The predicted molar refractivity (Wildman–Crippen MR) is 310 cm³/mol. The number of rotatable bonds is 12. The second-order valence-electron chi connectivity index (χ2n) is 24.6. The maximum atomic E-state index is 12.3. The van der Waals surface area contributed by atoms with E-state index in [4.69, 9.17) is 9.47 Å². The molecule has 4 saturated carbocycles. The number of esters is 2. The molecular weight excluding hydrogens is 1020 g/mol. The topological polar surface area (TPSA) is 276 Å². The van der Waals surface area contributed by atoms with E-state index in [-0.39, 0.29) is 23.8 Å². The van der Waals surface area contributed by atoms with Crippen LogP contribution in [-0.2, 0) is 47.8 Å². The van der Waals surface area contributed by atoms with E-state index < -0.39 is 83.2 Å². The first kappa shape index (κ1) is 73.8. The van der Waals surface area contributed by atoms with Crippen LogP contribution in [0.3, 0.4) is 0 Å². The van der Waals surface area contributed by atoms with Gasteiger partial charge in [-0.3, -0.25) is 38.4 Å². The normalized spacial score (nSPS) is 26.3. The maximum absolute atomic E-state index is 12.3. The summed E-state index contributed by atoms with van der Waals surface area (Å²) < 4.78 is 10.7. The fourth-order valence-electron chi connectivity index (χ4n) is 11.8. The average molecular weight is 1140 g/mol. The highest BCUT2D eigenvalue weighted by Gasteiger charge is 2.37. The lowest BCUT2D eigenvalue weighted by Gasteiger charge is -2.23. The number of ether oxygens (including phenoxy) is 2. The van der Waals surface area contributed by atoms with Crippen molar-refractivity contribution in [2.75, 3.05) is 13.2 Å². The third-order valence-corrected chi connectivity index (χ3v) is 16.7. The van der Waals surface area contributed by atoms with E-state index in [1.807, 2.05) is 27.7 Å². The summed E-state index contributed by atoms with van der Waals surface area (Å²) in [5.74, 6) is -10.5. The predicted octanol–water partition coefficient (Wildman–Crippen LogP) is 15.4. The van der Waals surface area contributed by atoms with Crippen LogP contribution in [0.4, 0.5) is 0 Å². The first-order valence-corrected chi connectivity index (χ1v) is 32.0. The zero-order valence-electron chi connectivity index (χ0n) is 50.2. The molecule has 8 unspecified atom stereocenters. The smallest absolute Gasteiger partial charge is 0.309 e. The molecular formula is C64H112O16. The number of carbonyl (C=O) groups is 8. The van der Waals surface area contributed by atoms with Gasteiger partial charge in [-0.15, -0.1) is 0 Å². The summed E-state index contributed by atoms with van der Waals surface area (Å²) in [4.78, 5) is 92.8. The first-order chi connectivity index (χ1) is 38.3. The van der Waals surface area contributed by atoms with Crippen LogP contribution in [-0.4, -0.2) is 91.6 Å². The zero-order valence-corrected chi connectivity index (χ0v) is 50.2. The Kier molecular flexibility index (Phi) is 42.7. The summed E-state index contributed by atoms with van der Waals surface area (Å²) in [5, 5.41) is 55.9. The highest BCUT2D eigenvalue weighted by atomic mass is 16.5. The van der Waals surface area contributed by atoms with Gasteiger partial charge >= 0.3 is 47.8 Å². The summed E-state index contributed by atoms with van der Waals surface area (Å²) in [6.45, 7) is 8.71. The lowest BCUT2D eigenvalue weighted by Crippen LogP contribution is -2.32. The number of carboxylic acid groups (broad SMARTS) is 6. The molecule has 4 rings (SSSR count). The Labute approximate surface area is 481 Å². The van der Waals surface area contributed by atoms with E-state index in [9.17, 15) is 69.0 Å². The Morgan fingerprint density at radius 1 is 0.250 bits per heavy atom. The van der Waals surface area contributed by atoms with Gasteiger partial charge in [0, 0.05) is 0 Å². The van der Waals surface area contributed by atoms with Crippen LogP contribution in [0.5, 0.6) is 0 Å². The summed E-state index contributed by atoms with van der Waals surface area (Å²) in [5.41, 5.74) is 0. The number of aliphatic carboxylic acids is 6. The minimum absolute atomic E-state index is 0.276. The van der Waals surface area contributed by atoms with Gasteiger partial charge in [-0.2, -0.15) is 0 Å². The molecule has 4 aliphatic rings. The van der Waals surface area contributed by atoms with Crippen molar-refractivity contribution in [3.8, 4) is 0 Å². The quantitative estimate of drug-likeness (QED) is 0.0991. The fraction of sp³-hybridized carbons (Fsp3) is 0.875. The van der Waals surface area contributed by atoms with E-state index in [1.165, 1.54) is 77.0 Å². The van der Waals surface area contributed by atoms with Crippen molar-refractivity contribution in [1.82, 2.24) is 0 Å². The van der Waals surface area contributed by atoms with Gasteiger partial charge in [0.05, 0.1) is 60.6 Å². The summed E-state index contributed by atoms with van der Waals surface area (Å²) >= 11 is 0. The second kappa shape index (κ2) is 46.3. The van der Waals surface area contributed by atoms with Crippen molar-refractivity contribution >= 4 is 47.8 Å². The number of hydrogen-bond donors (Lipinski definition) is 6. The van der Waals surface area contributed by atoms with Gasteiger partial charge < -0.3 is 40.1 Å². The van der Waals surface area contributed by atoms with Gasteiger partial charge in [0.15, 0.2) is 0 Å². The zero-order chi connectivity index (χ0) is 59.5. The third kappa shape index (κ3) is 34.9. The monoisotopic (exact) mass is 1140 g/mol. The molecule has 6 N–H and O–H groups in total. The molecule has 464 valence electrons. The molecule has 0 aliphatic heterocycles. The van der Waals surface area contributed by atoms with Crippen LogP contribution >= 0.6 is 0 Å². The molecule has 16 heteroatoms. The molecule has 0 saturated heterocycles. The SMILES string of the molecule is CC(C)COC(=O)C1CCCCCCCCCCC1C(=O)O.CC(C)COC(=O)C1CCCCCCCCCCC1C(=O)O.O=C(O)C1CCCCCCCCCCC1C(=O)O.O=C(O)C1CCCCCCCCCCC1C(=O)O. The second-order valence-corrected chi connectivity index (χ2v) is 24.6. The number of hydrogen-bond acceptors (Lipinski definition) is 10. The highest BCUT2D eigenvalue weighted by Crippen LogP contribution is 2.32. The molecule has 0 spiro atoms. The van der Waals surface area contributed by atoms with Crippen LogP contribution < -0.4 is 0 Å². The Morgan fingerprint density at radius 3 is 0.512 bits per heavy atom. The van der Waals surface area contributed by atoms with Crippen molar-refractivity contribution in [3.05, 3.63) is 0 Å². The molecule has 0 aromatic heterocycles. The molecule has 0 heterocycles. The van der Waals surface area contributed by atoms with Gasteiger partial charge in [-0.05, 0) is 63.2 Å². The molecule has 0 aromatic rings. The Hall–Kier alpha value is -4.24. The number of carboxylic acids is 6. The van der Waals surface area contributed by atoms with E-state index in [0.717, 1.165) is 128 Å². The minimum Gasteiger partial charge on any atom is -0.481 e. The van der Waals surface area contributed by atoms with Gasteiger partial charge in [-0.25, -0.2) is 0 Å². The first-order valence-electron chi connectivity index (χ1n) is 32.0. The van der Waals surface area contributed by atoms with Crippen molar-refractivity contribution in [3.63, 3.8) is 0 Å². The lowest BCUT2D eigenvalue weighted by atomic mass is 9.83. The Balaban J connectivity index is 0.000000536. The minimum atomic E-state index is -0.945. The fourth-order valence-corrected chi connectivity index (χ4v) is 11.8. The van der Waals surface area contributed by atoms with E-state index in [1.54, 1.807) is 0 Å². The molecule has 0 amide bonds. The molecule has 4 fully saturated rings. The van der Waals surface area contributed by atoms with E-state index in [0.29, 0.717) is 64.6 Å². The summed E-state index contributed by atoms with van der Waals surface area (Å²) in [7, 11) is 0. The largest absolute Gasteiger partial charge is 0.481 e. The van der Waals surface area contributed by atoms with Gasteiger partial charge in [-0.1, -0.05) is 233 Å². The van der Waals surface area contributed by atoms with Gasteiger partial charge in [0.25, 0.3) is 0 Å². The molecule has 16 nitrogen and oxygen atoms in total. The third-order valence-electron chi connectivity index (χ3n) is 16.7. The van der Waals surface area contributed by atoms with Crippen LogP contribution in [0.15, 0.2) is 0 Å². The molecule has 0 radical (unpaired) electrons. The molecule has 0 bridgehead atoms. The summed E-state index contributed by atoms with van der Waals surface area (Å²) in [6, 6.07) is 0.